The van der Waals surface area contributed by atoms with Crippen LogP contribution in [0.15, 0.2) is 54.4 Å². The Kier molecular flexibility index (Phi) is 5.10. The Hall–Kier alpha value is -4.38. The van der Waals surface area contributed by atoms with Gasteiger partial charge in [0.25, 0.3) is 0 Å². The molecule has 2 amide bonds. The summed E-state index contributed by atoms with van der Waals surface area (Å²) in [6.45, 7) is 1.92. The van der Waals surface area contributed by atoms with Crippen LogP contribution in [0.25, 0.3) is 17.0 Å². The van der Waals surface area contributed by atoms with Crippen molar-refractivity contribution in [3.63, 3.8) is 0 Å². The van der Waals surface area contributed by atoms with Crippen molar-refractivity contribution in [1.29, 1.82) is 0 Å². The third-order valence-corrected chi connectivity index (χ3v) is 6.89. The number of benzene rings is 1. The Morgan fingerprint density at radius 2 is 2.06 bits per heavy atom. The number of aromatic amines is 1. The van der Waals surface area contributed by atoms with E-state index in [1.54, 1.807) is 22.3 Å². The molecule has 10 nitrogen and oxygen atoms in total. The molecule has 0 spiro atoms. The number of thiophene rings is 1. The molecule has 0 aliphatic carbocycles. The number of carbonyl (C=O) groups is 2. The predicted molar refractivity (Wildman–Crippen MR) is 132 cm³/mol. The van der Waals surface area contributed by atoms with Crippen LogP contribution in [-0.2, 0) is 16.0 Å². The predicted octanol–water partition coefficient (Wildman–Crippen LogP) is 3.56. The highest BCUT2D eigenvalue weighted by atomic mass is 32.1. The van der Waals surface area contributed by atoms with Gasteiger partial charge in [-0.2, -0.15) is 9.78 Å². The van der Waals surface area contributed by atoms with Gasteiger partial charge in [0.2, 0.25) is 11.8 Å². The van der Waals surface area contributed by atoms with E-state index >= 15 is 0 Å². The number of imidazole rings is 1. The van der Waals surface area contributed by atoms with Gasteiger partial charge in [-0.05, 0) is 36.1 Å². The normalized spacial score (nSPS) is 15.1. The van der Waals surface area contributed by atoms with Crippen LogP contribution in [0.5, 0.6) is 0 Å². The number of nitrogens with zero attached hydrogens (tertiary/aromatic N) is 5. The number of fused-ring (bicyclic) bond motifs is 2. The fourth-order valence-corrected chi connectivity index (χ4v) is 5.18. The summed E-state index contributed by atoms with van der Waals surface area (Å²) in [4.78, 5) is 41.9. The van der Waals surface area contributed by atoms with E-state index in [0.717, 1.165) is 21.7 Å². The number of nitrogens with one attached hydrogen (secondary N) is 3. The third kappa shape index (κ3) is 3.85. The summed E-state index contributed by atoms with van der Waals surface area (Å²) in [7, 11) is 0. The second-order valence-corrected chi connectivity index (χ2v) is 9.32. The quantitative estimate of drug-likeness (QED) is 0.350. The van der Waals surface area contributed by atoms with E-state index in [4.69, 9.17) is 5.10 Å². The van der Waals surface area contributed by atoms with Gasteiger partial charge in [-0.1, -0.05) is 18.2 Å². The molecule has 0 saturated carbocycles. The minimum absolute atomic E-state index is 0.0633. The lowest BCUT2D eigenvalue weighted by Crippen LogP contribution is -2.25. The van der Waals surface area contributed by atoms with Gasteiger partial charge in [0, 0.05) is 28.5 Å². The van der Waals surface area contributed by atoms with E-state index in [-0.39, 0.29) is 17.7 Å². The van der Waals surface area contributed by atoms with Gasteiger partial charge in [-0.15, -0.1) is 11.3 Å². The zero-order valence-electron chi connectivity index (χ0n) is 18.6. The second-order valence-electron chi connectivity index (χ2n) is 8.29. The summed E-state index contributed by atoms with van der Waals surface area (Å²) in [5.74, 6) is 0.759. The molecule has 4 aromatic heterocycles. The summed E-state index contributed by atoms with van der Waals surface area (Å²) < 4.78 is 1.64. The smallest absolute Gasteiger partial charge is 0.229 e. The molecule has 174 valence electrons. The van der Waals surface area contributed by atoms with Crippen molar-refractivity contribution < 1.29 is 9.59 Å². The molecule has 5 heterocycles. The minimum atomic E-state index is -0.178. The van der Waals surface area contributed by atoms with Crippen LogP contribution in [-0.4, -0.2) is 41.5 Å². The number of H-pyrrole nitrogens is 1. The van der Waals surface area contributed by atoms with Crippen LogP contribution < -0.4 is 10.6 Å². The molecule has 11 heteroatoms. The van der Waals surface area contributed by atoms with Gasteiger partial charge < -0.3 is 15.6 Å². The molecule has 35 heavy (non-hydrogen) atoms. The standard InChI is InChI=1S/C24H20N8O2S/c1-13-20-17(14-4-6-15(7-5-14)29-18(33)9-16-3-2-8-35-16)10-19(34)30-23(20)32(31-13)24-21-22(26-11-25-21)27-12-28-24/h2-8,11-12,17H,9-10H2,1H3,(H,29,33)(H,30,34)(H,25,26,27,28)/t17-/m0/s1. The Balaban J connectivity index is 1.31. The zero-order chi connectivity index (χ0) is 23.9. The van der Waals surface area contributed by atoms with E-state index in [9.17, 15) is 9.59 Å². The zero-order valence-corrected chi connectivity index (χ0v) is 19.5. The summed E-state index contributed by atoms with van der Waals surface area (Å²) in [6.07, 6.45) is 3.62. The fraction of sp³-hybridized carbons (Fsp3) is 0.167. The van der Waals surface area contributed by atoms with Crippen molar-refractivity contribution in [2.75, 3.05) is 10.6 Å². The minimum Gasteiger partial charge on any atom is -0.340 e. The number of amides is 2. The van der Waals surface area contributed by atoms with Gasteiger partial charge in [-0.3, -0.25) is 9.59 Å². The lowest BCUT2D eigenvalue weighted by atomic mass is 9.86. The second kappa shape index (κ2) is 8.44. The number of anilines is 2. The van der Waals surface area contributed by atoms with Gasteiger partial charge in [0.1, 0.15) is 17.7 Å². The van der Waals surface area contributed by atoms with Crippen molar-refractivity contribution >= 4 is 45.8 Å². The Labute approximate surface area is 203 Å². The lowest BCUT2D eigenvalue weighted by Gasteiger charge is -2.24. The SMILES string of the molecule is Cc1nn(-c2ncnc3nc[nH]c23)c2c1[C@H](c1ccc(NC(=O)Cc3cccs3)cc1)CC(=O)N2. The number of aromatic nitrogens is 6. The molecule has 1 aromatic carbocycles. The molecule has 0 radical (unpaired) electrons. The van der Waals surface area contributed by atoms with Crippen molar-refractivity contribution in [3.8, 4) is 5.82 Å². The fourth-order valence-electron chi connectivity index (χ4n) is 4.47. The summed E-state index contributed by atoms with van der Waals surface area (Å²) in [5.41, 5.74) is 4.57. The van der Waals surface area contributed by atoms with E-state index in [1.165, 1.54) is 6.33 Å². The largest absolute Gasteiger partial charge is 0.340 e. The molecule has 3 N–H and O–H groups in total. The summed E-state index contributed by atoms with van der Waals surface area (Å²) in [5, 5.41) is 12.6. The maximum atomic E-state index is 12.7. The van der Waals surface area contributed by atoms with Crippen LogP contribution >= 0.6 is 11.3 Å². The molecule has 0 saturated heterocycles. The maximum Gasteiger partial charge on any atom is 0.229 e. The molecule has 5 aromatic rings. The first-order valence-corrected chi connectivity index (χ1v) is 11.9. The number of hydrogen-bond donors (Lipinski definition) is 3. The topological polar surface area (TPSA) is 130 Å². The number of carbonyl (C=O) groups excluding carboxylic acids is 2. The summed E-state index contributed by atoms with van der Waals surface area (Å²) >= 11 is 1.56. The lowest BCUT2D eigenvalue weighted by molar-refractivity contribution is -0.117. The van der Waals surface area contributed by atoms with Crippen molar-refractivity contribution in [1.82, 2.24) is 29.7 Å². The average molecular weight is 485 g/mol. The van der Waals surface area contributed by atoms with E-state index in [0.29, 0.717) is 41.3 Å². The molecule has 0 unspecified atom stereocenters. The average Bonchev–Trinajstić information content (AvgIpc) is 3.60. The first-order chi connectivity index (χ1) is 17.1. The first kappa shape index (κ1) is 21.2. The Morgan fingerprint density at radius 3 is 2.86 bits per heavy atom. The van der Waals surface area contributed by atoms with Crippen molar-refractivity contribution in [2.24, 2.45) is 0 Å². The Morgan fingerprint density at radius 1 is 1.20 bits per heavy atom. The molecule has 1 aliphatic heterocycles. The van der Waals surface area contributed by atoms with Gasteiger partial charge in [0.05, 0.1) is 18.4 Å². The molecular formula is C24H20N8O2S. The maximum absolute atomic E-state index is 12.7. The van der Waals surface area contributed by atoms with Gasteiger partial charge >= 0.3 is 0 Å². The Bertz CT molecular complexity index is 1550. The van der Waals surface area contributed by atoms with E-state index < -0.39 is 0 Å². The van der Waals surface area contributed by atoms with Crippen LogP contribution in [0.3, 0.4) is 0 Å². The highest BCUT2D eigenvalue weighted by Gasteiger charge is 2.33. The molecule has 1 atom stereocenters. The molecule has 6 rings (SSSR count). The van der Waals surface area contributed by atoms with Gasteiger partial charge in [-0.25, -0.2) is 15.0 Å². The molecular weight excluding hydrogens is 464 g/mol. The number of hydrogen-bond acceptors (Lipinski definition) is 7. The van der Waals surface area contributed by atoms with E-state index in [1.807, 2.05) is 48.7 Å². The van der Waals surface area contributed by atoms with Crippen LogP contribution in [0, 0.1) is 6.92 Å². The van der Waals surface area contributed by atoms with Crippen molar-refractivity contribution in [3.05, 3.63) is 76.1 Å². The van der Waals surface area contributed by atoms with Gasteiger partial charge in [0.15, 0.2) is 11.5 Å². The van der Waals surface area contributed by atoms with Crippen LogP contribution in [0.2, 0.25) is 0 Å². The summed E-state index contributed by atoms with van der Waals surface area (Å²) in [6, 6.07) is 11.5. The highest BCUT2D eigenvalue weighted by Crippen LogP contribution is 2.40. The first-order valence-electron chi connectivity index (χ1n) is 11.0. The molecule has 0 fully saturated rings. The number of rotatable bonds is 5. The third-order valence-electron chi connectivity index (χ3n) is 6.02. The molecule has 0 bridgehead atoms. The van der Waals surface area contributed by atoms with Crippen LogP contribution in [0.1, 0.15) is 34.0 Å². The molecule has 1 aliphatic rings. The number of aryl methyl sites for hydroxylation is 1. The monoisotopic (exact) mass is 484 g/mol. The van der Waals surface area contributed by atoms with Crippen LogP contribution in [0.4, 0.5) is 11.5 Å². The van der Waals surface area contributed by atoms with Crippen molar-refractivity contribution in [2.45, 2.75) is 25.7 Å². The highest BCUT2D eigenvalue weighted by molar-refractivity contribution is 7.10. The van der Waals surface area contributed by atoms with E-state index in [2.05, 4.69) is 30.6 Å².